The first-order valence-corrected chi connectivity index (χ1v) is 4.96. The lowest BCUT2D eigenvalue weighted by Crippen LogP contribution is -2.47. The lowest BCUT2D eigenvalue weighted by Gasteiger charge is -2.25. The van der Waals surface area contributed by atoms with Crippen LogP contribution >= 0.6 is 0 Å². The maximum Gasteiger partial charge on any atom is 0.333 e. The number of esters is 1. The fourth-order valence-corrected chi connectivity index (χ4v) is 0.819. The van der Waals surface area contributed by atoms with E-state index in [1.54, 1.807) is 27.7 Å². The van der Waals surface area contributed by atoms with E-state index >= 15 is 0 Å². The molecule has 0 spiro atoms. The minimum atomic E-state index is -0.624. The molecule has 1 N–H and O–H groups in total. The van der Waals surface area contributed by atoms with Crippen molar-refractivity contribution in [3.05, 3.63) is 24.3 Å². The Balaban J connectivity index is 4.25. The minimum Gasteiger partial charge on any atom is -0.460 e. The van der Waals surface area contributed by atoms with E-state index in [0.29, 0.717) is 11.1 Å². The average molecular weight is 225 g/mol. The monoisotopic (exact) mass is 225 g/mol. The molecular formula is C12H19NO3. The summed E-state index contributed by atoms with van der Waals surface area (Å²) in [6, 6.07) is 0. The summed E-state index contributed by atoms with van der Waals surface area (Å²) in [4.78, 5) is 22.5. The molecule has 0 bridgehead atoms. The van der Waals surface area contributed by atoms with Gasteiger partial charge in [-0.25, -0.2) is 4.79 Å². The number of amides is 1. The maximum absolute atomic E-state index is 11.4. The van der Waals surface area contributed by atoms with E-state index in [1.165, 1.54) is 0 Å². The Morgan fingerprint density at radius 2 is 1.69 bits per heavy atom. The summed E-state index contributed by atoms with van der Waals surface area (Å²) in [5.74, 6) is -0.714. The van der Waals surface area contributed by atoms with E-state index in [4.69, 9.17) is 4.74 Å². The first kappa shape index (κ1) is 14.4. The molecule has 16 heavy (non-hydrogen) atoms. The predicted octanol–water partition coefficient (Wildman–Crippen LogP) is 1.58. The Labute approximate surface area is 96.4 Å². The van der Waals surface area contributed by atoms with Crippen LogP contribution in [0, 0.1) is 0 Å². The van der Waals surface area contributed by atoms with Crippen molar-refractivity contribution in [2.75, 3.05) is 6.61 Å². The Kier molecular flexibility index (Phi) is 4.95. The van der Waals surface area contributed by atoms with Gasteiger partial charge in [0.1, 0.15) is 6.61 Å². The van der Waals surface area contributed by atoms with Crippen molar-refractivity contribution in [1.29, 1.82) is 0 Å². The van der Waals surface area contributed by atoms with Crippen molar-refractivity contribution < 1.29 is 14.3 Å². The molecule has 0 aliphatic rings. The third-order valence-electron chi connectivity index (χ3n) is 1.75. The van der Waals surface area contributed by atoms with Crippen LogP contribution < -0.4 is 5.32 Å². The van der Waals surface area contributed by atoms with Gasteiger partial charge in [-0.05, 0) is 27.7 Å². The van der Waals surface area contributed by atoms with E-state index in [-0.39, 0.29) is 12.5 Å². The summed E-state index contributed by atoms with van der Waals surface area (Å²) < 4.78 is 4.97. The molecule has 0 saturated carbocycles. The molecule has 0 aliphatic carbocycles. The van der Waals surface area contributed by atoms with E-state index < -0.39 is 11.5 Å². The Morgan fingerprint density at radius 1 is 1.19 bits per heavy atom. The van der Waals surface area contributed by atoms with Crippen LogP contribution in [-0.2, 0) is 14.3 Å². The number of rotatable bonds is 5. The highest BCUT2D eigenvalue weighted by molar-refractivity contribution is 5.92. The zero-order valence-corrected chi connectivity index (χ0v) is 10.3. The summed E-state index contributed by atoms with van der Waals surface area (Å²) in [6.07, 6.45) is 0. The first-order valence-electron chi connectivity index (χ1n) is 4.96. The van der Waals surface area contributed by atoms with Crippen LogP contribution in [0.15, 0.2) is 24.3 Å². The topological polar surface area (TPSA) is 55.4 Å². The van der Waals surface area contributed by atoms with E-state index in [1.807, 2.05) is 0 Å². The molecule has 1 amide bonds. The minimum absolute atomic E-state index is 0.0950. The summed E-state index contributed by atoms with van der Waals surface area (Å²) in [5.41, 5.74) is 0.127. The van der Waals surface area contributed by atoms with Gasteiger partial charge >= 0.3 is 5.97 Å². The van der Waals surface area contributed by atoms with E-state index in [9.17, 15) is 9.59 Å². The molecular weight excluding hydrogens is 206 g/mol. The summed E-state index contributed by atoms with van der Waals surface area (Å²) in [6.45, 7) is 13.8. The third-order valence-corrected chi connectivity index (χ3v) is 1.75. The zero-order valence-electron chi connectivity index (χ0n) is 10.3. The van der Waals surface area contributed by atoms with Gasteiger partial charge in [0.05, 0.1) is 5.54 Å². The normalized spacial score (nSPS) is 10.5. The summed E-state index contributed by atoms with van der Waals surface area (Å²) in [7, 11) is 0. The third kappa shape index (κ3) is 5.34. The number of ether oxygens (including phenoxy) is 1. The second kappa shape index (κ2) is 5.49. The molecule has 0 aromatic heterocycles. The molecule has 0 aromatic carbocycles. The van der Waals surface area contributed by atoms with E-state index in [0.717, 1.165) is 0 Å². The first-order chi connectivity index (χ1) is 7.15. The van der Waals surface area contributed by atoms with Crippen LogP contribution in [0.3, 0.4) is 0 Å². The Bertz CT molecular complexity index is 329. The fraction of sp³-hybridized carbons (Fsp3) is 0.500. The van der Waals surface area contributed by atoms with Crippen LogP contribution in [0.2, 0.25) is 0 Å². The van der Waals surface area contributed by atoms with Gasteiger partial charge in [-0.1, -0.05) is 13.2 Å². The number of carbonyl (C=O) groups excluding carboxylic acids is 2. The lowest BCUT2D eigenvalue weighted by molar-refractivity contribution is -0.141. The molecule has 0 fully saturated rings. The van der Waals surface area contributed by atoms with Gasteiger partial charge in [-0.3, -0.25) is 4.79 Å². The molecule has 0 rings (SSSR count). The highest BCUT2D eigenvalue weighted by Gasteiger charge is 2.22. The molecule has 0 atom stereocenters. The molecule has 4 heteroatoms. The van der Waals surface area contributed by atoms with Crippen molar-refractivity contribution in [3.63, 3.8) is 0 Å². The molecule has 90 valence electrons. The number of hydrogen-bond donors (Lipinski definition) is 1. The van der Waals surface area contributed by atoms with Crippen LogP contribution in [-0.4, -0.2) is 24.0 Å². The molecule has 0 aliphatic heterocycles. The van der Waals surface area contributed by atoms with Crippen LogP contribution in [0.4, 0.5) is 0 Å². The van der Waals surface area contributed by atoms with Crippen molar-refractivity contribution in [1.82, 2.24) is 5.32 Å². The smallest absolute Gasteiger partial charge is 0.333 e. The van der Waals surface area contributed by atoms with Crippen LogP contribution in [0.1, 0.15) is 27.7 Å². The zero-order chi connectivity index (χ0) is 12.9. The maximum atomic E-state index is 11.4. The quantitative estimate of drug-likeness (QED) is 0.571. The average Bonchev–Trinajstić information content (AvgIpc) is 2.13. The standard InChI is InChI=1S/C12H19NO3/c1-8(2)10(14)13-12(5,6)7-16-11(15)9(3)4/h1,3,7H2,2,4-6H3,(H,13,14). The van der Waals surface area contributed by atoms with Gasteiger partial charge in [0.15, 0.2) is 0 Å². The molecule has 0 unspecified atom stereocenters. The molecule has 0 heterocycles. The second-order valence-corrected chi connectivity index (χ2v) is 4.47. The summed E-state index contributed by atoms with van der Waals surface area (Å²) in [5, 5.41) is 2.70. The largest absolute Gasteiger partial charge is 0.460 e. The highest BCUT2D eigenvalue weighted by Crippen LogP contribution is 2.06. The van der Waals surface area contributed by atoms with Gasteiger partial charge in [0, 0.05) is 11.1 Å². The Morgan fingerprint density at radius 3 is 2.06 bits per heavy atom. The Hall–Kier alpha value is -1.58. The molecule has 0 aromatic rings. The van der Waals surface area contributed by atoms with E-state index in [2.05, 4.69) is 18.5 Å². The number of hydrogen-bond acceptors (Lipinski definition) is 3. The van der Waals surface area contributed by atoms with Crippen molar-refractivity contribution in [2.24, 2.45) is 0 Å². The van der Waals surface area contributed by atoms with Gasteiger partial charge in [-0.15, -0.1) is 0 Å². The van der Waals surface area contributed by atoms with Crippen LogP contribution in [0.5, 0.6) is 0 Å². The number of nitrogens with one attached hydrogen (secondary N) is 1. The van der Waals surface area contributed by atoms with Crippen molar-refractivity contribution in [3.8, 4) is 0 Å². The summed E-state index contributed by atoms with van der Waals surface area (Å²) >= 11 is 0. The molecule has 0 radical (unpaired) electrons. The van der Waals surface area contributed by atoms with Gasteiger partial charge in [0.2, 0.25) is 5.91 Å². The van der Waals surface area contributed by atoms with Gasteiger partial charge in [0.25, 0.3) is 0 Å². The SMILES string of the molecule is C=C(C)C(=O)NC(C)(C)COC(=O)C(=C)C. The van der Waals surface area contributed by atoms with Crippen LogP contribution in [0.25, 0.3) is 0 Å². The molecule has 4 nitrogen and oxygen atoms in total. The van der Waals surface area contributed by atoms with Gasteiger partial charge < -0.3 is 10.1 Å². The van der Waals surface area contributed by atoms with Gasteiger partial charge in [-0.2, -0.15) is 0 Å². The number of carbonyl (C=O) groups is 2. The lowest BCUT2D eigenvalue weighted by atomic mass is 10.1. The van der Waals surface area contributed by atoms with Crippen molar-refractivity contribution in [2.45, 2.75) is 33.2 Å². The fourth-order valence-electron chi connectivity index (χ4n) is 0.819. The molecule has 0 saturated heterocycles. The second-order valence-electron chi connectivity index (χ2n) is 4.47. The van der Waals surface area contributed by atoms with Crippen molar-refractivity contribution >= 4 is 11.9 Å². The predicted molar refractivity (Wildman–Crippen MR) is 62.8 cm³/mol. The highest BCUT2D eigenvalue weighted by atomic mass is 16.5.